The molecule has 0 heterocycles. The maximum Gasteiger partial charge on any atom is 0.474 e. The van der Waals surface area contributed by atoms with E-state index in [2.05, 4.69) is 13.8 Å². The Bertz CT molecular complexity index is 514. The van der Waals surface area contributed by atoms with Crippen LogP contribution in [-0.4, -0.2) is 19.8 Å². The van der Waals surface area contributed by atoms with Crippen LogP contribution in [0.2, 0.25) is 0 Å². The summed E-state index contributed by atoms with van der Waals surface area (Å²) in [7, 11) is -3.40. The van der Waals surface area contributed by atoms with Crippen molar-refractivity contribution in [2.24, 2.45) is 0 Å². The van der Waals surface area contributed by atoms with Crippen LogP contribution in [0.5, 0.6) is 0 Å². The van der Waals surface area contributed by atoms with Gasteiger partial charge in [-0.15, -0.1) is 0 Å². The van der Waals surface area contributed by atoms with Crippen molar-refractivity contribution in [3.8, 4) is 0 Å². The molecule has 0 aromatic heterocycles. The summed E-state index contributed by atoms with van der Waals surface area (Å²) in [6, 6.07) is 0. The molecule has 0 rings (SSSR count). The van der Waals surface area contributed by atoms with Crippen LogP contribution < -0.4 is 0 Å². The van der Waals surface area contributed by atoms with Crippen LogP contribution in [0.3, 0.4) is 0 Å². The molecule has 0 aliphatic carbocycles. The van der Waals surface area contributed by atoms with Crippen molar-refractivity contribution < 1.29 is 18.1 Å². The van der Waals surface area contributed by atoms with Gasteiger partial charge in [-0.3, -0.25) is 13.6 Å². The summed E-state index contributed by atoms with van der Waals surface area (Å²) in [5, 5.41) is 0. The Morgan fingerprint density at radius 2 is 0.512 bits per heavy atom. The second-order valence-corrected chi connectivity index (χ2v) is 14.8. The van der Waals surface area contributed by atoms with E-state index in [9.17, 15) is 4.57 Å². The van der Waals surface area contributed by atoms with E-state index in [-0.39, 0.29) is 0 Å². The van der Waals surface area contributed by atoms with E-state index >= 15 is 0 Å². The summed E-state index contributed by atoms with van der Waals surface area (Å²) in [5.74, 6) is 0. The maximum absolute atomic E-state index is 12.9. The fraction of sp³-hybridized carbons (Fsp3) is 1.00. The fourth-order valence-corrected chi connectivity index (χ4v) is 7.17. The number of phosphoric ester groups is 1. The highest BCUT2D eigenvalue weighted by Crippen LogP contribution is 2.49. The summed E-state index contributed by atoms with van der Waals surface area (Å²) in [6.45, 7) is 7.71. The van der Waals surface area contributed by atoms with Crippen LogP contribution in [0, 0.1) is 0 Å². The molecule has 0 unspecified atom stereocenters. The molecular formula is C38H79O4P. The molecule has 4 nitrogen and oxygen atoms in total. The Kier molecular flexibility index (Phi) is 36.7. The van der Waals surface area contributed by atoms with Crippen molar-refractivity contribution >= 4 is 7.82 Å². The third-order valence-electron chi connectivity index (χ3n) is 8.78. The largest absolute Gasteiger partial charge is 0.474 e. The Balaban J connectivity index is 3.48. The SMILES string of the molecule is CCCCCCCCCCCCCCCCCCOP(=O)(OCC)OCCCCCCCCCCCCCCCCCC. The molecule has 0 N–H and O–H groups in total. The first-order valence-corrected chi connectivity index (χ1v) is 21.2. The zero-order chi connectivity index (χ0) is 31.4. The van der Waals surface area contributed by atoms with Crippen molar-refractivity contribution in [1.82, 2.24) is 0 Å². The molecule has 0 fully saturated rings. The molecule has 0 aliphatic heterocycles. The second kappa shape index (κ2) is 36.6. The molecule has 0 saturated carbocycles. The molecule has 0 saturated heterocycles. The van der Waals surface area contributed by atoms with Gasteiger partial charge in [-0.2, -0.15) is 0 Å². The lowest BCUT2D eigenvalue weighted by Crippen LogP contribution is -2.03. The molecule has 0 atom stereocenters. The molecule has 260 valence electrons. The van der Waals surface area contributed by atoms with Crippen molar-refractivity contribution in [1.29, 1.82) is 0 Å². The van der Waals surface area contributed by atoms with Gasteiger partial charge in [-0.05, 0) is 19.8 Å². The summed E-state index contributed by atoms with van der Waals surface area (Å²) < 4.78 is 29.5. The summed E-state index contributed by atoms with van der Waals surface area (Å²) >= 11 is 0. The van der Waals surface area contributed by atoms with Crippen LogP contribution in [0.1, 0.15) is 226 Å². The van der Waals surface area contributed by atoms with Gasteiger partial charge in [0.1, 0.15) is 0 Å². The molecule has 0 aromatic rings. The normalized spacial score (nSPS) is 12.0. The fourth-order valence-electron chi connectivity index (χ4n) is 5.92. The first-order chi connectivity index (χ1) is 21.2. The lowest BCUT2D eigenvalue weighted by atomic mass is 10.0. The topological polar surface area (TPSA) is 44.8 Å². The van der Waals surface area contributed by atoms with Gasteiger partial charge in [0.15, 0.2) is 0 Å². The molecule has 0 amide bonds. The Morgan fingerprint density at radius 1 is 0.302 bits per heavy atom. The summed E-state index contributed by atoms with van der Waals surface area (Å²) in [5.41, 5.74) is 0. The van der Waals surface area contributed by atoms with E-state index in [1.807, 2.05) is 6.92 Å². The third kappa shape index (κ3) is 34.8. The van der Waals surface area contributed by atoms with Crippen molar-refractivity contribution in [2.45, 2.75) is 226 Å². The van der Waals surface area contributed by atoms with Crippen molar-refractivity contribution in [2.75, 3.05) is 19.8 Å². The molecule has 0 radical (unpaired) electrons. The number of unbranched alkanes of at least 4 members (excludes halogenated alkanes) is 30. The maximum atomic E-state index is 12.9. The molecule has 0 aliphatic rings. The van der Waals surface area contributed by atoms with Gasteiger partial charge in [0.25, 0.3) is 0 Å². The lowest BCUT2D eigenvalue weighted by molar-refractivity contribution is 0.114. The monoisotopic (exact) mass is 631 g/mol. The molecule has 0 spiro atoms. The van der Waals surface area contributed by atoms with Crippen LogP contribution >= 0.6 is 7.82 Å². The minimum atomic E-state index is -3.40. The average molecular weight is 631 g/mol. The molecular weight excluding hydrogens is 551 g/mol. The van der Waals surface area contributed by atoms with Crippen LogP contribution in [0.15, 0.2) is 0 Å². The molecule has 5 heteroatoms. The van der Waals surface area contributed by atoms with E-state index in [0.717, 1.165) is 25.7 Å². The number of rotatable bonds is 38. The third-order valence-corrected chi connectivity index (χ3v) is 10.4. The highest BCUT2D eigenvalue weighted by atomic mass is 31.2. The zero-order valence-corrected chi connectivity index (χ0v) is 30.7. The summed E-state index contributed by atoms with van der Waals surface area (Å²) in [4.78, 5) is 0. The Labute approximate surface area is 271 Å². The Morgan fingerprint density at radius 3 is 0.721 bits per heavy atom. The Hall–Kier alpha value is 0.110. The second-order valence-electron chi connectivity index (χ2n) is 13.1. The van der Waals surface area contributed by atoms with Gasteiger partial charge in [-0.25, -0.2) is 4.57 Å². The predicted molar refractivity (Wildman–Crippen MR) is 190 cm³/mol. The van der Waals surface area contributed by atoms with Gasteiger partial charge in [0, 0.05) is 0 Å². The van der Waals surface area contributed by atoms with Crippen LogP contribution in [0.4, 0.5) is 0 Å². The predicted octanol–water partition coefficient (Wildman–Crippen LogP) is 14.7. The van der Waals surface area contributed by atoms with Gasteiger partial charge < -0.3 is 0 Å². The van der Waals surface area contributed by atoms with Gasteiger partial charge >= 0.3 is 7.82 Å². The summed E-state index contributed by atoms with van der Waals surface area (Å²) in [6.07, 6.45) is 43.0. The van der Waals surface area contributed by atoms with Crippen LogP contribution in [-0.2, 0) is 18.1 Å². The number of hydrogen-bond donors (Lipinski definition) is 0. The van der Waals surface area contributed by atoms with E-state index in [0.29, 0.717) is 19.8 Å². The lowest BCUT2D eigenvalue weighted by Gasteiger charge is -2.17. The molecule has 43 heavy (non-hydrogen) atoms. The highest BCUT2D eigenvalue weighted by Gasteiger charge is 2.25. The average Bonchev–Trinajstić information content (AvgIpc) is 3.00. The molecule has 0 bridgehead atoms. The first-order valence-electron chi connectivity index (χ1n) is 19.7. The highest BCUT2D eigenvalue weighted by molar-refractivity contribution is 7.48. The van der Waals surface area contributed by atoms with Gasteiger partial charge in [0.2, 0.25) is 0 Å². The van der Waals surface area contributed by atoms with Gasteiger partial charge in [-0.1, -0.05) is 206 Å². The number of phosphoric acid groups is 1. The van der Waals surface area contributed by atoms with Crippen molar-refractivity contribution in [3.63, 3.8) is 0 Å². The minimum Gasteiger partial charge on any atom is -0.287 e. The van der Waals surface area contributed by atoms with E-state index in [1.54, 1.807) is 0 Å². The van der Waals surface area contributed by atoms with E-state index in [1.165, 1.54) is 180 Å². The van der Waals surface area contributed by atoms with E-state index in [4.69, 9.17) is 13.6 Å². The minimum absolute atomic E-state index is 0.356. The zero-order valence-electron chi connectivity index (χ0n) is 29.8. The standard InChI is InChI=1S/C38H79O4P/c1-4-7-9-11-13-15-17-19-21-23-25-27-29-31-33-35-37-41-43(39,40-6-3)42-38-36-34-32-30-28-26-24-22-20-18-16-14-12-10-8-5-2/h4-38H2,1-3H3. The van der Waals surface area contributed by atoms with Crippen molar-refractivity contribution in [3.05, 3.63) is 0 Å². The van der Waals surface area contributed by atoms with Gasteiger partial charge in [0.05, 0.1) is 19.8 Å². The quantitative estimate of drug-likeness (QED) is 0.0503. The van der Waals surface area contributed by atoms with E-state index < -0.39 is 7.82 Å². The van der Waals surface area contributed by atoms with Crippen LogP contribution in [0.25, 0.3) is 0 Å². The first kappa shape index (κ1) is 43.1. The number of hydrogen-bond acceptors (Lipinski definition) is 4. The molecule has 0 aromatic carbocycles. The smallest absolute Gasteiger partial charge is 0.287 e.